The summed E-state index contributed by atoms with van der Waals surface area (Å²) in [4.78, 5) is 28.0. The summed E-state index contributed by atoms with van der Waals surface area (Å²) >= 11 is 0. The van der Waals surface area contributed by atoms with Crippen molar-refractivity contribution in [3.05, 3.63) is 292 Å². The van der Waals surface area contributed by atoms with Gasteiger partial charge in [-0.3, -0.25) is 29.9 Å². The maximum absolute atomic E-state index is 4.67. The Morgan fingerprint density at radius 3 is 0.422 bits per heavy atom. The fourth-order valence-corrected chi connectivity index (χ4v) is 10.7. The van der Waals surface area contributed by atoms with Crippen LogP contribution in [0.1, 0.15) is 0 Å². The van der Waals surface area contributed by atoms with Gasteiger partial charge in [-0.1, -0.05) is 218 Å². The van der Waals surface area contributed by atoms with Crippen LogP contribution in [-0.2, 0) is 19.5 Å². The van der Waals surface area contributed by atoms with Gasteiger partial charge < -0.3 is 49.6 Å². The number of nitrogens with zero attached hydrogens (tertiary/aromatic N) is 6. The maximum atomic E-state index is 4.67. The van der Waals surface area contributed by atoms with E-state index >= 15 is 0 Å². The van der Waals surface area contributed by atoms with Crippen LogP contribution in [0, 0.1) is 0 Å². The van der Waals surface area contributed by atoms with E-state index in [-0.39, 0.29) is 69.1 Å². The molecule has 0 bridgehead atoms. The van der Waals surface area contributed by atoms with Crippen LogP contribution in [0.5, 0.6) is 0 Å². The molecule has 402 valence electrons. The van der Waals surface area contributed by atoms with Gasteiger partial charge in [0.1, 0.15) is 0 Å². The van der Waals surface area contributed by atoms with Crippen molar-refractivity contribution in [1.29, 1.82) is 0 Å². The third kappa shape index (κ3) is 12.2. The van der Waals surface area contributed by atoms with Crippen molar-refractivity contribution in [2.45, 2.75) is 0 Å². The zero-order chi connectivity index (χ0) is 52.0. The molecular formula is C72H48Cl4N6Ru. The molecule has 6 nitrogen and oxygen atoms in total. The molecule has 0 N–H and O–H groups in total. The summed E-state index contributed by atoms with van der Waals surface area (Å²) in [5, 5.41) is 6.77. The number of benzene rings is 9. The second-order valence-corrected chi connectivity index (χ2v) is 18.9. The molecule has 15 rings (SSSR count). The molecule has 15 aromatic rings. The molecule has 83 heavy (non-hydrogen) atoms. The molecule has 11 heteroatoms. The van der Waals surface area contributed by atoms with Crippen molar-refractivity contribution < 1.29 is 69.1 Å². The second kappa shape index (κ2) is 27.8. The van der Waals surface area contributed by atoms with Crippen molar-refractivity contribution in [2.75, 3.05) is 0 Å². The van der Waals surface area contributed by atoms with E-state index in [1.807, 2.05) is 73.6 Å². The second-order valence-electron chi connectivity index (χ2n) is 18.9. The minimum Gasteiger partial charge on any atom is -1.00 e. The Balaban J connectivity index is 0.000000158. The van der Waals surface area contributed by atoms with Crippen LogP contribution in [0.15, 0.2) is 292 Å². The predicted molar refractivity (Wildman–Crippen MR) is 324 cm³/mol. The molecule has 6 heterocycles. The van der Waals surface area contributed by atoms with Gasteiger partial charge in [-0.05, 0) is 103 Å². The van der Waals surface area contributed by atoms with Gasteiger partial charge in [0.05, 0.1) is 33.1 Å². The Labute approximate surface area is 519 Å². The number of aromatic nitrogens is 6. The minimum atomic E-state index is 0. The van der Waals surface area contributed by atoms with Crippen molar-refractivity contribution in [3.8, 4) is 66.8 Å². The largest absolute Gasteiger partial charge is 4.00 e. The van der Waals surface area contributed by atoms with E-state index in [4.69, 9.17) is 0 Å². The first kappa shape index (κ1) is 60.3. The predicted octanol–water partition coefficient (Wildman–Crippen LogP) is 6.36. The average Bonchev–Trinajstić information content (AvgIpc) is 3.71. The number of rotatable bonds is 6. The van der Waals surface area contributed by atoms with Gasteiger partial charge in [-0.25, -0.2) is 0 Å². The summed E-state index contributed by atoms with van der Waals surface area (Å²) in [5.41, 5.74) is 19.9. The van der Waals surface area contributed by atoms with E-state index in [0.29, 0.717) is 0 Å². The van der Waals surface area contributed by atoms with Crippen molar-refractivity contribution >= 4 is 65.4 Å². The van der Waals surface area contributed by atoms with Gasteiger partial charge in [-0.15, -0.1) is 0 Å². The van der Waals surface area contributed by atoms with Crippen LogP contribution >= 0.6 is 0 Å². The SMILES string of the molecule is [Cl-].[Cl-].[Cl-].[Cl-].[Ru+4].c1ccc(-c2ccnc3c2ccc2c(-c4ccccc4)ccnc23)cc1.c1ccc(-c2ccnc3c2ccc2c(-c4ccccc4)ccnc23)cc1.c1ccc(-c2ccnc3c2ccc2c(-c4ccccc4)ccnc23)cc1. The average molecular weight is 1240 g/mol. The summed E-state index contributed by atoms with van der Waals surface area (Å²) in [6.45, 7) is 0. The molecule has 0 aliphatic heterocycles. The van der Waals surface area contributed by atoms with Crippen LogP contribution in [0.2, 0.25) is 0 Å². The fraction of sp³-hybridized carbons (Fsp3) is 0. The quantitative estimate of drug-likeness (QED) is 0.143. The minimum absolute atomic E-state index is 0. The third-order valence-electron chi connectivity index (χ3n) is 14.4. The van der Waals surface area contributed by atoms with Gasteiger partial charge in [-0.2, -0.15) is 0 Å². The molecule has 0 spiro atoms. The molecule has 0 radical (unpaired) electrons. The first-order valence-corrected chi connectivity index (χ1v) is 26.1. The Morgan fingerprint density at radius 2 is 0.289 bits per heavy atom. The normalized spacial score (nSPS) is 10.4. The van der Waals surface area contributed by atoms with Crippen LogP contribution in [0.3, 0.4) is 0 Å². The zero-order valence-corrected chi connectivity index (χ0v) is 49.0. The first-order chi connectivity index (χ1) is 38.7. The maximum Gasteiger partial charge on any atom is 4.00 e. The van der Waals surface area contributed by atoms with Crippen molar-refractivity contribution in [3.63, 3.8) is 0 Å². The molecule has 9 aromatic carbocycles. The van der Waals surface area contributed by atoms with Gasteiger partial charge >= 0.3 is 19.5 Å². The fourth-order valence-electron chi connectivity index (χ4n) is 10.7. The number of pyridine rings is 6. The third-order valence-corrected chi connectivity index (χ3v) is 14.4. The topological polar surface area (TPSA) is 77.3 Å². The molecule has 6 aromatic heterocycles. The standard InChI is InChI=1S/3C24H16N2.4ClH.Ru/c3*1-3-7-17(8-4-1)19-13-15-25-23-21(19)11-12-22-20(14-16-26-24(22)23)18-9-5-2-6-10-18;;;;;/h3*1-16H;4*1H;/q;;;;;;;+4/p-4. The van der Waals surface area contributed by atoms with E-state index in [1.165, 1.54) is 66.8 Å². The molecule has 0 amide bonds. The van der Waals surface area contributed by atoms with Crippen molar-refractivity contribution in [2.24, 2.45) is 0 Å². The monoisotopic (exact) mass is 1240 g/mol. The molecule has 0 aliphatic rings. The van der Waals surface area contributed by atoms with E-state index < -0.39 is 0 Å². The van der Waals surface area contributed by atoms with Gasteiger partial charge in [0, 0.05) is 69.5 Å². The molecule has 0 saturated carbocycles. The molecule has 0 unspecified atom stereocenters. The molecule has 0 aliphatic carbocycles. The molecular weight excluding hydrogens is 1190 g/mol. The van der Waals surface area contributed by atoms with E-state index in [2.05, 4.69) is 248 Å². The van der Waals surface area contributed by atoms with Crippen LogP contribution in [0.25, 0.3) is 132 Å². The summed E-state index contributed by atoms with van der Waals surface area (Å²) in [6, 6.07) is 88.0. The molecule has 0 atom stereocenters. The Kier molecular flexibility index (Phi) is 20.2. The van der Waals surface area contributed by atoms with Crippen LogP contribution in [0.4, 0.5) is 0 Å². The zero-order valence-electron chi connectivity index (χ0n) is 44.3. The van der Waals surface area contributed by atoms with Gasteiger partial charge in [0.15, 0.2) is 0 Å². The summed E-state index contributed by atoms with van der Waals surface area (Å²) in [7, 11) is 0. The number of halogens is 4. The summed E-state index contributed by atoms with van der Waals surface area (Å²) < 4.78 is 0. The van der Waals surface area contributed by atoms with Gasteiger partial charge in [0.25, 0.3) is 0 Å². The van der Waals surface area contributed by atoms with Crippen molar-refractivity contribution in [1.82, 2.24) is 29.9 Å². The first-order valence-electron chi connectivity index (χ1n) is 26.1. The van der Waals surface area contributed by atoms with E-state index in [0.717, 1.165) is 65.4 Å². The smallest absolute Gasteiger partial charge is 1.00 e. The summed E-state index contributed by atoms with van der Waals surface area (Å²) in [5.74, 6) is 0. The molecule has 0 saturated heterocycles. The Morgan fingerprint density at radius 1 is 0.157 bits per heavy atom. The number of hydrogen-bond acceptors (Lipinski definition) is 6. The van der Waals surface area contributed by atoms with Gasteiger partial charge in [0.2, 0.25) is 0 Å². The molecule has 0 fully saturated rings. The number of hydrogen-bond donors (Lipinski definition) is 0. The van der Waals surface area contributed by atoms with Crippen LogP contribution in [-0.4, -0.2) is 29.9 Å². The van der Waals surface area contributed by atoms with E-state index in [1.54, 1.807) is 0 Å². The Hall–Kier alpha value is -8.78. The van der Waals surface area contributed by atoms with Crippen LogP contribution < -0.4 is 49.6 Å². The summed E-state index contributed by atoms with van der Waals surface area (Å²) in [6.07, 6.45) is 11.3. The number of fused-ring (bicyclic) bond motifs is 9. The Bertz CT molecular complexity index is 3840. The van der Waals surface area contributed by atoms with E-state index in [9.17, 15) is 0 Å².